The predicted octanol–water partition coefficient (Wildman–Crippen LogP) is 1.40. The molecule has 0 radical (unpaired) electrons. The first-order chi connectivity index (χ1) is 4.83. The minimum absolute atomic E-state index is 0.291. The van der Waals surface area contributed by atoms with E-state index >= 15 is 0 Å². The van der Waals surface area contributed by atoms with Gasteiger partial charge in [0.05, 0.1) is 12.1 Å². The number of hydrogen-bond acceptors (Lipinski definition) is 1. The lowest BCUT2D eigenvalue weighted by atomic mass is 10.3. The Bertz CT molecular complexity index is 262. The van der Waals surface area contributed by atoms with Crippen molar-refractivity contribution in [3.8, 4) is 12.3 Å². The SMILES string of the molecule is C#CCc1cc(F)ccn1. The summed E-state index contributed by atoms with van der Waals surface area (Å²) in [7, 11) is 0. The van der Waals surface area contributed by atoms with Crippen molar-refractivity contribution in [2.24, 2.45) is 0 Å². The molecule has 0 fully saturated rings. The van der Waals surface area contributed by atoms with Crippen molar-refractivity contribution in [1.29, 1.82) is 0 Å². The summed E-state index contributed by atoms with van der Waals surface area (Å²) in [5.74, 6) is 2.09. The second kappa shape index (κ2) is 2.98. The summed E-state index contributed by atoms with van der Waals surface area (Å²) in [5, 5.41) is 0. The molecule has 0 bridgehead atoms. The molecule has 50 valence electrons. The number of terminal acetylenes is 1. The van der Waals surface area contributed by atoms with Crippen molar-refractivity contribution in [2.75, 3.05) is 0 Å². The number of halogens is 1. The molecule has 0 saturated heterocycles. The van der Waals surface area contributed by atoms with E-state index in [0.29, 0.717) is 12.1 Å². The van der Waals surface area contributed by atoms with Gasteiger partial charge >= 0.3 is 0 Å². The van der Waals surface area contributed by atoms with Gasteiger partial charge in [0.1, 0.15) is 5.82 Å². The fraction of sp³-hybridized carbons (Fsp3) is 0.125. The maximum absolute atomic E-state index is 12.4. The predicted molar refractivity (Wildman–Crippen MR) is 36.7 cm³/mol. The lowest BCUT2D eigenvalue weighted by molar-refractivity contribution is 0.623. The van der Waals surface area contributed by atoms with Crippen molar-refractivity contribution in [3.05, 3.63) is 29.8 Å². The van der Waals surface area contributed by atoms with Crippen LogP contribution in [-0.2, 0) is 6.42 Å². The third kappa shape index (κ3) is 1.56. The van der Waals surface area contributed by atoms with Crippen LogP contribution in [0, 0.1) is 18.2 Å². The standard InChI is InChI=1S/C8H6FN/c1-2-3-8-6-7(9)4-5-10-8/h1,4-6H,3H2. The van der Waals surface area contributed by atoms with Crippen LogP contribution < -0.4 is 0 Å². The summed E-state index contributed by atoms with van der Waals surface area (Å²) in [5.41, 5.74) is 0.600. The maximum atomic E-state index is 12.4. The van der Waals surface area contributed by atoms with E-state index < -0.39 is 0 Å². The summed E-state index contributed by atoms with van der Waals surface area (Å²) in [6.07, 6.45) is 6.79. The zero-order valence-electron chi connectivity index (χ0n) is 5.34. The van der Waals surface area contributed by atoms with E-state index in [-0.39, 0.29) is 5.82 Å². The Morgan fingerprint density at radius 2 is 2.50 bits per heavy atom. The number of pyridine rings is 1. The van der Waals surface area contributed by atoms with Gasteiger partial charge in [-0.25, -0.2) is 4.39 Å². The van der Waals surface area contributed by atoms with E-state index in [4.69, 9.17) is 6.42 Å². The summed E-state index contributed by atoms with van der Waals surface area (Å²) in [6, 6.07) is 2.62. The van der Waals surface area contributed by atoms with Gasteiger partial charge in [-0.3, -0.25) is 4.98 Å². The topological polar surface area (TPSA) is 12.9 Å². The number of rotatable bonds is 1. The average Bonchev–Trinajstić information content (AvgIpc) is 1.88. The molecule has 0 aliphatic carbocycles. The van der Waals surface area contributed by atoms with Gasteiger partial charge in [0.15, 0.2) is 0 Å². The molecule has 0 aliphatic rings. The zero-order chi connectivity index (χ0) is 7.40. The molecule has 0 N–H and O–H groups in total. The Balaban J connectivity index is 2.87. The molecular formula is C8H6FN. The molecule has 10 heavy (non-hydrogen) atoms. The first-order valence-corrected chi connectivity index (χ1v) is 2.87. The molecule has 1 aromatic heterocycles. The summed E-state index contributed by atoms with van der Waals surface area (Å²) >= 11 is 0. The number of nitrogens with zero attached hydrogens (tertiary/aromatic N) is 1. The lowest BCUT2D eigenvalue weighted by Crippen LogP contribution is -1.87. The molecule has 0 aromatic carbocycles. The molecule has 0 spiro atoms. The van der Waals surface area contributed by atoms with E-state index in [1.54, 1.807) is 0 Å². The van der Waals surface area contributed by atoms with Gasteiger partial charge < -0.3 is 0 Å². The lowest BCUT2D eigenvalue weighted by Gasteiger charge is -1.91. The van der Waals surface area contributed by atoms with E-state index in [0.717, 1.165) is 0 Å². The zero-order valence-corrected chi connectivity index (χ0v) is 5.34. The molecule has 0 unspecified atom stereocenters. The maximum Gasteiger partial charge on any atom is 0.126 e. The quantitative estimate of drug-likeness (QED) is 0.530. The van der Waals surface area contributed by atoms with Crippen LogP contribution in [0.1, 0.15) is 5.69 Å². The Labute approximate surface area is 58.9 Å². The Morgan fingerprint density at radius 1 is 1.70 bits per heavy atom. The second-order valence-corrected chi connectivity index (χ2v) is 1.85. The average molecular weight is 135 g/mol. The van der Waals surface area contributed by atoms with Crippen LogP contribution in [0.3, 0.4) is 0 Å². The van der Waals surface area contributed by atoms with Crippen LogP contribution in [0.5, 0.6) is 0 Å². The third-order valence-corrected chi connectivity index (χ3v) is 1.06. The Morgan fingerprint density at radius 3 is 3.10 bits per heavy atom. The molecule has 1 heterocycles. The highest BCUT2D eigenvalue weighted by Gasteiger charge is 1.92. The number of aromatic nitrogens is 1. The smallest absolute Gasteiger partial charge is 0.126 e. The van der Waals surface area contributed by atoms with Crippen molar-refractivity contribution < 1.29 is 4.39 Å². The first-order valence-electron chi connectivity index (χ1n) is 2.87. The van der Waals surface area contributed by atoms with Gasteiger partial charge in [-0.05, 0) is 12.1 Å². The summed E-state index contributed by atoms with van der Waals surface area (Å²) < 4.78 is 12.4. The van der Waals surface area contributed by atoms with E-state index in [1.165, 1.54) is 18.3 Å². The van der Waals surface area contributed by atoms with Crippen LogP contribution >= 0.6 is 0 Å². The first kappa shape index (κ1) is 6.76. The highest BCUT2D eigenvalue weighted by Crippen LogP contribution is 1.98. The molecule has 0 saturated carbocycles. The van der Waals surface area contributed by atoms with Gasteiger partial charge in [-0.1, -0.05) is 0 Å². The van der Waals surface area contributed by atoms with E-state index in [1.807, 2.05) is 0 Å². The van der Waals surface area contributed by atoms with Gasteiger partial charge in [-0.2, -0.15) is 0 Å². The Hall–Kier alpha value is -1.36. The molecule has 1 aromatic rings. The molecule has 0 amide bonds. The molecule has 1 nitrogen and oxygen atoms in total. The third-order valence-electron chi connectivity index (χ3n) is 1.06. The van der Waals surface area contributed by atoms with E-state index in [2.05, 4.69) is 10.9 Å². The molecule has 2 heteroatoms. The van der Waals surface area contributed by atoms with Crippen molar-refractivity contribution in [1.82, 2.24) is 4.98 Å². The normalized spacial score (nSPS) is 8.80. The molecule has 0 atom stereocenters. The van der Waals surface area contributed by atoms with Crippen LogP contribution in [-0.4, -0.2) is 4.98 Å². The van der Waals surface area contributed by atoms with Gasteiger partial charge in [0.25, 0.3) is 0 Å². The van der Waals surface area contributed by atoms with Gasteiger partial charge in [0.2, 0.25) is 0 Å². The number of hydrogen-bond donors (Lipinski definition) is 0. The minimum atomic E-state index is -0.291. The van der Waals surface area contributed by atoms with E-state index in [9.17, 15) is 4.39 Å². The van der Waals surface area contributed by atoms with Crippen LogP contribution in [0.4, 0.5) is 4.39 Å². The fourth-order valence-corrected chi connectivity index (χ4v) is 0.650. The van der Waals surface area contributed by atoms with Crippen molar-refractivity contribution >= 4 is 0 Å². The van der Waals surface area contributed by atoms with Crippen LogP contribution in [0.2, 0.25) is 0 Å². The highest BCUT2D eigenvalue weighted by atomic mass is 19.1. The van der Waals surface area contributed by atoms with Crippen LogP contribution in [0.25, 0.3) is 0 Å². The molecular weight excluding hydrogens is 129 g/mol. The minimum Gasteiger partial charge on any atom is -0.260 e. The van der Waals surface area contributed by atoms with Crippen molar-refractivity contribution in [3.63, 3.8) is 0 Å². The van der Waals surface area contributed by atoms with Crippen LogP contribution in [0.15, 0.2) is 18.3 Å². The largest absolute Gasteiger partial charge is 0.260 e. The highest BCUT2D eigenvalue weighted by molar-refractivity contribution is 5.11. The van der Waals surface area contributed by atoms with Gasteiger partial charge in [0, 0.05) is 6.20 Å². The van der Waals surface area contributed by atoms with Gasteiger partial charge in [-0.15, -0.1) is 12.3 Å². The summed E-state index contributed by atoms with van der Waals surface area (Å²) in [6.45, 7) is 0. The molecule has 0 aliphatic heterocycles. The van der Waals surface area contributed by atoms with Crippen molar-refractivity contribution in [2.45, 2.75) is 6.42 Å². The Kier molecular flexibility index (Phi) is 2.01. The monoisotopic (exact) mass is 135 g/mol. The fourth-order valence-electron chi connectivity index (χ4n) is 0.650. The summed E-state index contributed by atoms with van der Waals surface area (Å²) in [4.78, 5) is 3.85. The molecule has 1 rings (SSSR count). The second-order valence-electron chi connectivity index (χ2n) is 1.85.